The summed E-state index contributed by atoms with van der Waals surface area (Å²) in [7, 11) is 0. The predicted octanol–water partition coefficient (Wildman–Crippen LogP) is 9.06. The van der Waals surface area contributed by atoms with Crippen LogP contribution in [0.3, 0.4) is 0 Å². The van der Waals surface area contributed by atoms with Crippen LogP contribution in [0.1, 0.15) is 84.3 Å². The Morgan fingerprint density at radius 3 is 1.97 bits per heavy atom. The van der Waals surface area contributed by atoms with Gasteiger partial charge in [-0.05, 0) is 106 Å². The van der Waals surface area contributed by atoms with Gasteiger partial charge in [0.1, 0.15) is 11.4 Å². The molecule has 3 aromatic rings. The summed E-state index contributed by atoms with van der Waals surface area (Å²) in [4.78, 5) is 11.9. The van der Waals surface area contributed by atoms with E-state index in [4.69, 9.17) is 0 Å². The summed E-state index contributed by atoms with van der Waals surface area (Å²) in [5.74, 6) is 0.419. The Labute approximate surface area is 216 Å². The van der Waals surface area contributed by atoms with E-state index < -0.39 is 5.67 Å². The maximum atomic E-state index is 11.9. The molecule has 0 heterocycles. The van der Waals surface area contributed by atoms with Crippen molar-refractivity contribution in [2.45, 2.75) is 66.5 Å². The van der Waals surface area contributed by atoms with Gasteiger partial charge in [-0.1, -0.05) is 54.1 Å². The minimum atomic E-state index is -1.00. The van der Waals surface area contributed by atoms with Crippen molar-refractivity contribution in [3.63, 3.8) is 0 Å². The number of hydrogen-bond donors (Lipinski definition) is 1. The Morgan fingerprint density at radius 1 is 0.861 bits per heavy atom. The van der Waals surface area contributed by atoms with Gasteiger partial charge in [0.2, 0.25) is 0 Å². The van der Waals surface area contributed by atoms with Crippen LogP contribution in [0.15, 0.2) is 73.8 Å². The van der Waals surface area contributed by atoms with E-state index in [1.54, 1.807) is 6.92 Å². The lowest BCUT2D eigenvalue weighted by molar-refractivity contribution is 0.101. The molecule has 0 amide bonds. The number of ketones is 1. The molecule has 0 atom stereocenters. The summed E-state index contributed by atoms with van der Waals surface area (Å²) < 4.78 is 11.7. The first kappa shape index (κ1) is 28.8. The SMILES string of the molecule is C=C.CC(=O)c1ccc2c(c1)CCCC(c1ccc(C)cc1O)=C2c1ccc(C)cc1.CC(C)(C)F. The predicted molar refractivity (Wildman–Crippen MR) is 151 cm³/mol. The number of aromatic hydroxyl groups is 1. The smallest absolute Gasteiger partial charge is 0.159 e. The highest BCUT2D eigenvalue weighted by molar-refractivity contribution is 6.02. The summed E-state index contributed by atoms with van der Waals surface area (Å²) in [6, 6.07) is 20.5. The number of Topliss-reactive ketones (excluding diaryl/α,β-unsaturated/α-hetero) is 1. The number of carbonyl (C=O) groups is 1. The highest BCUT2D eigenvalue weighted by Crippen LogP contribution is 2.42. The van der Waals surface area contributed by atoms with E-state index in [0.717, 1.165) is 52.7 Å². The molecule has 190 valence electrons. The number of alkyl halides is 1. The third kappa shape index (κ3) is 7.78. The first-order chi connectivity index (χ1) is 16.9. The molecule has 0 fully saturated rings. The van der Waals surface area contributed by atoms with Crippen molar-refractivity contribution in [3.8, 4) is 5.75 Å². The second kappa shape index (κ2) is 12.5. The lowest BCUT2D eigenvalue weighted by atomic mass is 9.86. The van der Waals surface area contributed by atoms with Gasteiger partial charge in [-0.3, -0.25) is 4.79 Å². The quantitative estimate of drug-likeness (QED) is 0.296. The van der Waals surface area contributed by atoms with Crippen LogP contribution in [0.5, 0.6) is 5.75 Å². The van der Waals surface area contributed by atoms with Gasteiger partial charge in [0.05, 0.1) is 0 Å². The van der Waals surface area contributed by atoms with Crippen molar-refractivity contribution >= 4 is 16.9 Å². The van der Waals surface area contributed by atoms with Crippen LogP contribution >= 0.6 is 0 Å². The molecule has 0 saturated carbocycles. The first-order valence-electron chi connectivity index (χ1n) is 12.4. The minimum Gasteiger partial charge on any atom is -0.507 e. The van der Waals surface area contributed by atoms with Crippen molar-refractivity contribution < 1.29 is 14.3 Å². The fourth-order valence-electron chi connectivity index (χ4n) is 4.22. The second-order valence-corrected chi connectivity index (χ2v) is 10.1. The Hall–Kier alpha value is -3.46. The summed E-state index contributed by atoms with van der Waals surface area (Å²) in [5.41, 5.74) is 8.75. The molecule has 1 N–H and O–H groups in total. The summed E-state index contributed by atoms with van der Waals surface area (Å²) >= 11 is 0. The van der Waals surface area contributed by atoms with Crippen LogP contribution in [0.25, 0.3) is 11.1 Å². The van der Waals surface area contributed by atoms with E-state index in [-0.39, 0.29) is 5.78 Å². The standard InChI is InChI=1S/C27H26O2.C4H9F.C2H4/c1-17-7-10-20(11-8-17)27-23-14-12-21(19(3)28)16-22(23)5-4-6-25(27)24-13-9-18(2)15-26(24)29;1-4(2,3)5;1-2/h7-16,29H,4-6H2,1-3H3;1-3H3;1-2H2. The van der Waals surface area contributed by atoms with Gasteiger partial charge in [0.25, 0.3) is 0 Å². The zero-order valence-electron chi connectivity index (χ0n) is 22.5. The lowest BCUT2D eigenvalue weighted by Gasteiger charge is -2.18. The first-order valence-corrected chi connectivity index (χ1v) is 12.4. The van der Waals surface area contributed by atoms with E-state index >= 15 is 0 Å². The lowest BCUT2D eigenvalue weighted by Crippen LogP contribution is -2.01. The molecule has 1 aliphatic carbocycles. The molecule has 0 aliphatic heterocycles. The highest BCUT2D eigenvalue weighted by atomic mass is 19.1. The molecule has 0 aromatic heterocycles. The molecule has 2 nitrogen and oxygen atoms in total. The van der Waals surface area contributed by atoms with Crippen molar-refractivity contribution in [1.29, 1.82) is 0 Å². The van der Waals surface area contributed by atoms with Crippen LogP contribution < -0.4 is 0 Å². The zero-order chi connectivity index (χ0) is 27.0. The van der Waals surface area contributed by atoms with Crippen LogP contribution in [0, 0.1) is 13.8 Å². The molecular weight excluding hydrogens is 447 g/mol. The number of aryl methyl sites for hydroxylation is 3. The van der Waals surface area contributed by atoms with E-state index in [1.165, 1.54) is 37.5 Å². The number of fused-ring (bicyclic) bond motifs is 1. The van der Waals surface area contributed by atoms with E-state index in [0.29, 0.717) is 5.75 Å². The molecule has 1 aliphatic rings. The van der Waals surface area contributed by atoms with E-state index in [1.807, 2.05) is 31.2 Å². The zero-order valence-corrected chi connectivity index (χ0v) is 22.5. The van der Waals surface area contributed by atoms with Crippen molar-refractivity contribution in [2.24, 2.45) is 0 Å². The molecule has 0 saturated heterocycles. The normalized spacial score (nSPS) is 12.9. The van der Waals surface area contributed by atoms with Crippen LogP contribution in [0.4, 0.5) is 4.39 Å². The molecule has 4 rings (SSSR count). The topological polar surface area (TPSA) is 37.3 Å². The molecule has 0 radical (unpaired) electrons. The van der Waals surface area contributed by atoms with Gasteiger partial charge in [0, 0.05) is 11.1 Å². The maximum Gasteiger partial charge on any atom is 0.159 e. The van der Waals surface area contributed by atoms with Crippen LogP contribution in [-0.2, 0) is 6.42 Å². The molecule has 0 bridgehead atoms. The summed E-state index contributed by atoms with van der Waals surface area (Å²) in [5, 5.41) is 10.7. The van der Waals surface area contributed by atoms with Gasteiger partial charge < -0.3 is 5.11 Å². The van der Waals surface area contributed by atoms with Gasteiger partial charge in [-0.15, -0.1) is 13.2 Å². The minimum absolute atomic E-state index is 0.0920. The van der Waals surface area contributed by atoms with Crippen molar-refractivity contribution in [2.75, 3.05) is 0 Å². The number of rotatable bonds is 3. The van der Waals surface area contributed by atoms with Gasteiger partial charge in [0.15, 0.2) is 5.78 Å². The fraction of sp³-hybridized carbons (Fsp3) is 0.303. The number of carbonyl (C=O) groups excluding carboxylic acids is 1. The van der Waals surface area contributed by atoms with Crippen molar-refractivity contribution in [1.82, 2.24) is 0 Å². The van der Waals surface area contributed by atoms with E-state index in [9.17, 15) is 14.3 Å². The molecule has 3 aromatic carbocycles. The second-order valence-electron chi connectivity index (χ2n) is 10.1. The maximum absolute atomic E-state index is 11.9. The largest absolute Gasteiger partial charge is 0.507 e. The molecule has 0 unspecified atom stereocenters. The molecule has 36 heavy (non-hydrogen) atoms. The number of phenols is 1. The average molecular weight is 487 g/mol. The molecule has 0 spiro atoms. The van der Waals surface area contributed by atoms with E-state index in [2.05, 4.69) is 56.5 Å². The van der Waals surface area contributed by atoms with Crippen molar-refractivity contribution in [3.05, 3.63) is 113 Å². The monoisotopic (exact) mass is 486 g/mol. The molecule has 3 heteroatoms. The third-order valence-electron chi connectivity index (χ3n) is 5.77. The van der Waals surface area contributed by atoms with Gasteiger partial charge in [-0.25, -0.2) is 4.39 Å². The number of hydrogen-bond acceptors (Lipinski definition) is 2. The average Bonchev–Trinajstić information content (AvgIpc) is 2.99. The van der Waals surface area contributed by atoms with Gasteiger partial charge in [-0.2, -0.15) is 0 Å². The Bertz CT molecular complexity index is 1220. The van der Waals surface area contributed by atoms with Crippen LogP contribution in [0.2, 0.25) is 0 Å². The Balaban J connectivity index is 0.000000583. The Kier molecular flexibility index (Phi) is 9.98. The summed E-state index contributed by atoms with van der Waals surface area (Å²) in [6.45, 7) is 16.3. The number of allylic oxidation sites excluding steroid dienone is 1. The number of phenolic OH excluding ortho intramolecular Hbond substituents is 1. The van der Waals surface area contributed by atoms with Crippen LogP contribution in [-0.4, -0.2) is 16.6 Å². The highest BCUT2D eigenvalue weighted by Gasteiger charge is 2.22. The van der Waals surface area contributed by atoms with Gasteiger partial charge >= 0.3 is 0 Å². The molecular formula is C33H39FO2. The Morgan fingerprint density at radius 2 is 1.42 bits per heavy atom. The third-order valence-corrected chi connectivity index (χ3v) is 5.77. The number of benzene rings is 3. The fourth-order valence-corrected chi connectivity index (χ4v) is 4.22. The number of halogens is 1. The summed E-state index contributed by atoms with van der Waals surface area (Å²) in [6.07, 6.45) is 2.78.